The fourth-order valence-corrected chi connectivity index (χ4v) is 2.02. The van der Waals surface area contributed by atoms with Gasteiger partial charge in [0.15, 0.2) is 2.69 Å². The first-order chi connectivity index (χ1) is 12.2. The van der Waals surface area contributed by atoms with Crippen molar-refractivity contribution in [3.63, 3.8) is 0 Å². The van der Waals surface area contributed by atoms with E-state index in [0.29, 0.717) is 12.5 Å². The SMILES string of the molecule is CCC(Cl)(Br)Br.CCCCC(CC)COC(=O)c1ccccc1C(=O)O. The van der Waals surface area contributed by atoms with Crippen molar-refractivity contribution in [2.75, 3.05) is 6.61 Å². The average Bonchev–Trinajstić information content (AvgIpc) is 2.61. The number of carboxylic acid groups (broad SMARTS) is 1. The van der Waals surface area contributed by atoms with E-state index in [1.54, 1.807) is 12.1 Å². The molecule has 0 aliphatic heterocycles. The van der Waals surface area contributed by atoms with Crippen LogP contribution in [0.25, 0.3) is 0 Å². The molecule has 1 N–H and O–H groups in total. The molecule has 26 heavy (non-hydrogen) atoms. The maximum Gasteiger partial charge on any atom is 0.339 e. The number of aromatic carboxylic acids is 1. The molecular formula is C19H27Br2ClO4. The van der Waals surface area contributed by atoms with Crippen molar-refractivity contribution in [2.45, 2.75) is 55.6 Å². The largest absolute Gasteiger partial charge is 0.478 e. The van der Waals surface area contributed by atoms with Gasteiger partial charge in [0.25, 0.3) is 0 Å². The lowest BCUT2D eigenvalue weighted by molar-refractivity contribution is 0.0420. The van der Waals surface area contributed by atoms with Crippen LogP contribution in [0.2, 0.25) is 0 Å². The van der Waals surface area contributed by atoms with E-state index < -0.39 is 11.9 Å². The highest BCUT2D eigenvalue weighted by Gasteiger charge is 2.18. The summed E-state index contributed by atoms with van der Waals surface area (Å²) in [5.41, 5.74) is 0.101. The van der Waals surface area contributed by atoms with Gasteiger partial charge in [-0.25, -0.2) is 9.59 Å². The summed E-state index contributed by atoms with van der Waals surface area (Å²) in [6.45, 7) is 6.53. The quantitative estimate of drug-likeness (QED) is 0.290. The van der Waals surface area contributed by atoms with Crippen LogP contribution in [-0.4, -0.2) is 26.3 Å². The van der Waals surface area contributed by atoms with Gasteiger partial charge in [-0.3, -0.25) is 0 Å². The molecule has 1 atom stereocenters. The lowest BCUT2D eigenvalue weighted by Gasteiger charge is -2.15. The third kappa shape index (κ3) is 11.2. The third-order valence-corrected chi connectivity index (χ3v) is 5.16. The number of ether oxygens (including phenoxy) is 1. The van der Waals surface area contributed by atoms with Crippen LogP contribution in [0.5, 0.6) is 0 Å². The number of benzene rings is 1. The molecule has 0 heterocycles. The number of hydrogen-bond donors (Lipinski definition) is 1. The van der Waals surface area contributed by atoms with Crippen LogP contribution in [0.3, 0.4) is 0 Å². The van der Waals surface area contributed by atoms with Gasteiger partial charge in [0, 0.05) is 0 Å². The molecule has 148 valence electrons. The van der Waals surface area contributed by atoms with E-state index >= 15 is 0 Å². The lowest BCUT2D eigenvalue weighted by Crippen LogP contribution is -2.16. The monoisotopic (exact) mass is 512 g/mol. The molecule has 0 aliphatic rings. The van der Waals surface area contributed by atoms with Gasteiger partial charge in [0.1, 0.15) is 0 Å². The third-order valence-electron chi connectivity index (χ3n) is 3.77. The van der Waals surface area contributed by atoms with Crippen LogP contribution in [0.1, 0.15) is 73.6 Å². The molecule has 4 nitrogen and oxygen atoms in total. The predicted molar refractivity (Wildman–Crippen MR) is 114 cm³/mol. The van der Waals surface area contributed by atoms with Gasteiger partial charge < -0.3 is 9.84 Å². The Morgan fingerprint density at radius 2 is 1.73 bits per heavy atom. The molecule has 0 aliphatic carbocycles. The minimum absolute atomic E-state index is 0.0147. The number of esters is 1. The maximum absolute atomic E-state index is 12.0. The van der Waals surface area contributed by atoms with Gasteiger partial charge in [-0.05, 0) is 30.9 Å². The van der Waals surface area contributed by atoms with E-state index in [-0.39, 0.29) is 13.8 Å². The number of carbonyl (C=O) groups excluding carboxylic acids is 1. The van der Waals surface area contributed by atoms with E-state index in [1.165, 1.54) is 12.1 Å². The number of halogens is 3. The normalized spacial score (nSPS) is 11.9. The van der Waals surface area contributed by atoms with E-state index in [2.05, 4.69) is 45.7 Å². The molecule has 0 aromatic heterocycles. The Morgan fingerprint density at radius 1 is 1.19 bits per heavy atom. The smallest absolute Gasteiger partial charge is 0.339 e. The summed E-state index contributed by atoms with van der Waals surface area (Å²) in [5.74, 6) is -1.33. The topological polar surface area (TPSA) is 63.6 Å². The molecule has 1 unspecified atom stereocenters. The van der Waals surface area contributed by atoms with Crippen LogP contribution >= 0.6 is 43.5 Å². The van der Waals surface area contributed by atoms with Crippen LogP contribution in [-0.2, 0) is 4.74 Å². The van der Waals surface area contributed by atoms with Crippen molar-refractivity contribution in [3.05, 3.63) is 35.4 Å². The minimum Gasteiger partial charge on any atom is -0.478 e. The van der Waals surface area contributed by atoms with E-state index in [9.17, 15) is 9.59 Å². The van der Waals surface area contributed by atoms with Gasteiger partial charge in [-0.1, -0.05) is 95.6 Å². The van der Waals surface area contributed by atoms with Gasteiger partial charge in [0.05, 0.1) is 17.7 Å². The first kappa shape index (κ1) is 25.4. The lowest BCUT2D eigenvalue weighted by atomic mass is 10.0. The number of alkyl halides is 3. The summed E-state index contributed by atoms with van der Waals surface area (Å²) in [5, 5.41) is 9.05. The Labute approximate surface area is 177 Å². The summed E-state index contributed by atoms with van der Waals surface area (Å²) in [4.78, 5) is 23.0. The fourth-order valence-electron chi connectivity index (χ4n) is 2.02. The number of hydrogen-bond acceptors (Lipinski definition) is 3. The van der Waals surface area contributed by atoms with Crippen LogP contribution in [0.15, 0.2) is 24.3 Å². The molecule has 7 heteroatoms. The van der Waals surface area contributed by atoms with Crippen LogP contribution in [0, 0.1) is 5.92 Å². The van der Waals surface area contributed by atoms with Crippen molar-refractivity contribution in [2.24, 2.45) is 5.92 Å². The molecule has 1 aromatic rings. The standard InChI is InChI=1S/C16H22O4.C3H5Br2Cl/c1-3-5-8-12(4-2)11-20-16(19)14-10-7-6-9-13(14)15(17)18;1-2-3(4,5)6/h6-7,9-10,12H,3-5,8,11H2,1-2H3,(H,17,18);2H2,1H3. The van der Waals surface area contributed by atoms with Crippen molar-refractivity contribution in [3.8, 4) is 0 Å². The Hall–Kier alpha value is -0.590. The molecule has 1 rings (SSSR count). The maximum atomic E-state index is 12.0. The zero-order chi connectivity index (χ0) is 20.2. The minimum atomic E-state index is -1.12. The second kappa shape index (κ2) is 13.6. The van der Waals surface area contributed by atoms with Gasteiger partial charge >= 0.3 is 11.9 Å². The molecule has 0 saturated carbocycles. The van der Waals surface area contributed by atoms with E-state index in [0.717, 1.165) is 32.1 Å². The Morgan fingerprint density at radius 3 is 2.15 bits per heavy atom. The Bertz CT molecular complexity index is 559. The molecule has 0 fully saturated rings. The molecule has 0 radical (unpaired) electrons. The molecular weight excluding hydrogens is 487 g/mol. The summed E-state index contributed by atoms with van der Waals surface area (Å²) in [6, 6.07) is 6.12. The van der Waals surface area contributed by atoms with Gasteiger partial charge in [0.2, 0.25) is 0 Å². The van der Waals surface area contributed by atoms with Crippen LogP contribution in [0.4, 0.5) is 0 Å². The second-order valence-electron chi connectivity index (χ2n) is 5.83. The molecule has 1 aromatic carbocycles. The summed E-state index contributed by atoms with van der Waals surface area (Å²) in [7, 11) is 0. The Kier molecular flexibility index (Phi) is 13.3. The van der Waals surface area contributed by atoms with Gasteiger partial charge in [-0.2, -0.15) is 0 Å². The van der Waals surface area contributed by atoms with Gasteiger partial charge in [-0.15, -0.1) is 0 Å². The highest BCUT2D eigenvalue weighted by Crippen LogP contribution is 2.33. The zero-order valence-electron chi connectivity index (χ0n) is 15.4. The van der Waals surface area contributed by atoms with E-state index in [4.69, 9.17) is 21.4 Å². The summed E-state index contributed by atoms with van der Waals surface area (Å²) >= 11 is 11.9. The summed E-state index contributed by atoms with van der Waals surface area (Å²) in [6.07, 6.45) is 5.08. The zero-order valence-corrected chi connectivity index (χ0v) is 19.4. The van der Waals surface area contributed by atoms with Crippen molar-refractivity contribution in [1.29, 1.82) is 0 Å². The first-order valence-corrected chi connectivity index (χ1v) is 10.7. The number of unbranched alkanes of at least 4 members (excludes halogenated alkanes) is 1. The van der Waals surface area contributed by atoms with Crippen molar-refractivity contribution < 1.29 is 19.4 Å². The Balaban J connectivity index is 0.000000896. The second-order valence-corrected chi connectivity index (χ2v) is 11.2. The average molecular weight is 515 g/mol. The van der Waals surface area contributed by atoms with Crippen molar-refractivity contribution >= 4 is 55.4 Å². The highest BCUT2D eigenvalue weighted by molar-refractivity contribution is 9.26. The predicted octanol–water partition coefficient (Wildman–Crippen LogP) is 6.84. The fraction of sp³-hybridized carbons (Fsp3) is 0.579. The molecule has 0 bridgehead atoms. The first-order valence-electron chi connectivity index (χ1n) is 8.72. The summed E-state index contributed by atoms with van der Waals surface area (Å²) < 4.78 is 4.91. The van der Waals surface area contributed by atoms with Crippen LogP contribution < -0.4 is 0 Å². The van der Waals surface area contributed by atoms with Crippen molar-refractivity contribution in [1.82, 2.24) is 0 Å². The number of carboxylic acids is 1. The molecule has 0 amide bonds. The number of carbonyl (C=O) groups is 2. The molecule has 0 saturated heterocycles. The molecule has 0 spiro atoms. The van der Waals surface area contributed by atoms with E-state index in [1.807, 2.05) is 6.92 Å². The highest BCUT2D eigenvalue weighted by atomic mass is 79.9. The number of rotatable bonds is 9.